The average molecular weight is 273 g/mol. The molecule has 104 valence electrons. The number of carboxylic acid groups (broad SMARTS) is 1. The Morgan fingerprint density at radius 2 is 2.05 bits per heavy atom. The lowest BCUT2D eigenvalue weighted by Gasteiger charge is -2.06. The highest BCUT2D eigenvalue weighted by Crippen LogP contribution is 2.09. The number of carboxylic acids is 1. The molecule has 0 aliphatic carbocycles. The lowest BCUT2D eigenvalue weighted by molar-refractivity contribution is -0.142. The van der Waals surface area contributed by atoms with E-state index in [9.17, 15) is 18.4 Å². The fourth-order valence-corrected chi connectivity index (χ4v) is 1.32. The van der Waals surface area contributed by atoms with E-state index in [1.54, 1.807) is 0 Å². The predicted octanol–water partition coefficient (Wildman–Crippen LogP) is 0.725. The van der Waals surface area contributed by atoms with Crippen LogP contribution in [0.25, 0.3) is 0 Å². The number of hydrogen-bond acceptors (Lipinski definition) is 3. The SMILES string of the molecule is O=C(O)COCCNC(=O)Cc1ccc(F)cc1F. The first-order valence-corrected chi connectivity index (χ1v) is 5.49. The summed E-state index contributed by atoms with van der Waals surface area (Å²) in [5, 5.41) is 10.7. The van der Waals surface area contributed by atoms with Gasteiger partial charge in [0.2, 0.25) is 5.91 Å². The van der Waals surface area contributed by atoms with Crippen LogP contribution >= 0.6 is 0 Å². The van der Waals surface area contributed by atoms with Crippen molar-refractivity contribution in [1.29, 1.82) is 0 Å². The zero-order valence-corrected chi connectivity index (χ0v) is 9.99. The van der Waals surface area contributed by atoms with Crippen LogP contribution in [-0.2, 0) is 20.7 Å². The molecule has 0 heterocycles. The van der Waals surface area contributed by atoms with Gasteiger partial charge in [0.25, 0.3) is 0 Å². The number of halogens is 2. The number of ether oxygens (including phenoxy) is 1. The predicted molar refractivity (Wildman–Crippen MR) is 61.5 cm³/mol. The molecular weight excluding hydrogens is 260 g/mol. The van der Waals surface area contributed by atoms with E-state index in [4.69, 9.17) is 9.84 Å². The first-order chi connectivity index (χ1) is 8.99. The molecule has 5 nitrogen and oxygen atoms in total. The molecule has 7 heteroatoms. The van der Waals surface area contributed by atoms with Crippen LogP contribution in [0.4, 0.5) is 8.78 Å². The number of aliphatic carboxylic acids is 1. The van der Waals surface area contributed by atoms with Gasteiger partial charge in [0.1, 0.15) is 18.2 Å². The number of amides is 1. The van der Waals surface area contributed by atoms with E-state index in [-0.39, 0.29) is 25.1 Å². The lowest BCUT2D eigenvalue weighted by Crippen LogP contribution is -2.29. The summed E-state index contributed by atoms with van der Waals surface area (Å²) >= 11 is 0. The van der Waals surface area contributed by atoms with Gasteiger partial charge in [0, 0.05) is 12.6 Å². The Balaban J connectivity index is 2.29. The Hall–Kier alpha value is -2.02. The third-order valence-electron chi connectivity index (χ3n) is 2.16. The van der Waals surface area contributed by atoms with Crippen LogP contribution in [0.15, 0.2) is 18.2 Å². The molecule has 0 radical (unpaired) electrons. The van der Waals surface area contributed by atoms with Gasteiger partial charge in [0.15, 0.2) is 0 Å². The van der Waals surface area contributed by atoms with Crippen molar-refractivity contribution in [2.75, 3.05) is 19.8 Å². The zero-order valence-electron chi connectivity index (χ0n) is 9.99. The highest BCUT2D eigenvalue weighted by atomic mass is 19.1. The molecule has 0 aliphatic rings. The molecule has 0 spiro atoms. The molecule has 0 saturated carbocycles. The van der Waals surface area contributed by atoms with Crippen LogP contribution in [0.1, 0.15) is 5.56 Å². The average Bonchev–Trinajstić information content (AvgIpc) is 2.32. The molecule has 0 aromatic heterocycles. The molecule has 0 saturated heterocycles. The standard InChI is InChI=1S/C12H13F2NO4/c13-9-2-1-8(10(14)6-9)5-11(16)15-3-4-19-7-12(17)18/h1-2,6H,3-5,7H2,(H,15,16)(H,17,18). The quantitative estimate of drug-likeness (QED) is 0.718. The third kappa shape index (κ3) is 5.91. The topological polar surface area (TPSA) is 75.6 Å². The van der Waals surface area contributed by atoms with Gasteiger partial charge in [-0.15, -0.1) is 0 Å². The molecule has 0 bridgehead atoms. The maximum Gasteiger partial charge on any atom is 0.329 e. The molecule has 0 fully saturated rings. The van der Waals surface area contributed by atoms with E-state index in [1.807, 2.05) is 0 Å². The van der Waals surface area contributed by atoms with Gasteiger partial charge >= 0.3 is 5.97 Å². The Morgan fingerprint density at radius 3 is 2.68 bits per heavy atom. The third-order valence-corrected chi connectivity index (χ3v) is 2.16. The Kier molecular flexibility index (Phi) is 5.87. The second kappa shape index (κ2) is 7.42. The summed E-state index contributed by atoms with van der Waals surface area (Å²) in [4.78, 5) is 21.5. The highest BCUT2D eigenvalue weighted by Gasteiger charge is 2.08. The molecule has 19 heavy (non-hydrogen) atoms. The molecule has 1 aromatic carbocycles. The number of carbonyl (C=O) groups is 2. The molecular formula is C12H13F2NO4. The van der Waals surface area contributed by atoms with Gasteiger partial charge in [-0.25, -0.2) is 13.6 Å². The van der Waals surface area contributed by atoms with Crippen LogP contribution < -0.4 is 5.32 Å². The van der Waals surface area contributed by atoms with Gasteiger partial charge in [-0.3, -0.25) is 4.79 Å². The summed E-state index contributed by atoms with van der Waals surface area (Å²) in [6.45, 7) is -0.276. The van der Waals surface area contributed by atoms with Crippen LogP contribution in [0.5, 0.6) is 0 Å². The summed E-state index contributed by atoms with van der Waals surface area (Å²) in [5.41, 5.74) is 0.0883. The Bertz CT molecular complexity index is 465. The Morgan fingerprint density at radius 1 is 1.32 bits per heavy atom. The summed E-state index contributed by atoms with van der Waals surface area (Å²) in [5.74, 6) is -3.04. The maximum atomic E-state index is 13.2. The molecule has 0 unspecified atom stereocenters. The van der Waals surface area contributed by atoms with Gasteiger partial charge in [-0.2, -0.15) is 0 Å². The van der Waals surface area contributed by atoms with E-state index in [0.717, 1.165) is 6.07 Å². The number of hydrogen-bond donors (Lipinski definition) is 2. The largest absolute Gasteiger partial charge is 0.480 e. The normalized spacial score (nSPS) is 10.2. The van der Waals surface area contributed by atoms with Crippen LogP contribution in [0.3, 0.4) is 0 Å². The summed E-state index contributed by atoms with van der Waals surface area (Å²) in [7, 11) is 0. The summed E-state index contributed by atoms with van der Waals surface area (Å²) in [6, 6.07) is 2.98. The minimum Gasteiger partial charge on any atom is -0.480 e. The monoisotopic (exact) mass is 273 g/mol. The van der Waals surface area contributed by atoms with Crippen molar-refractivity contribution in [3.8, 4) is 0 Å². The van der Waals surface area contributed by atoms with Crippen molar-refractivity contribution in [3.05, 3.63) is 35.4 Å². The van der Waals surface area contributed by atoms with Crippen molar-refractivity contribution in [3.63, 3.8) is 0 Å². The number of rotatable bonds is 7. The first-order valence-electron chi connectivity index (χ1n) is 5.49. The minimum atomic E-state index is -1.10. The van der Waals surface area contributed by atoms with Crippen molar-refractivity contribution in [2.24, 2.45) is 0 Å². The molecule has 2 N–H and O–H groups in total. The first kappa shape index (κ1) is 15.0. The highest BCUT2D eigenvalue weighted by molar-refractivity contribution is 5.78. The van der Waals surface area contributed by atoms with E-state index in [2.05, 4.69) is 5.32 Å². The van der Waals surface area contributed by atoms with Gasteiger partial charge < -0.3 is 15.2 Å². The fraction of sp³-hybridized carbons (Fsp3) is 0.333. The van der Waals surface area contributed by atoms with Gasteiger partial charge in [-0.1, -0.05) is 6.07 Å². The number of nitrogens with one attached hydrogen (secondary N) is 1. The van der Waals surface area contributed by atoms with Crippen molar-refractivity contribution >= 4 is 11.9 Å². The number of carbonyl (C=O) groups excluding carboxylic acids is 1. The van der Waals surface area contributed by atoms with Crippen molar-refractivity contribution in [2.45, 2.75) is 6.42 Å². The smallest absolute Gasteiger partial charge is 0.329 e. The van der Waals surface area contributed by atoms with E-state index in [1.165, 1.54) is 6.07 Å². The lowest BCUT2D eigenvalue weighted by atomic mass is 10.1. The van der Waals surface area contributed by atoms with Gasteiger partial charge in [-0.05, 0) is 11.6 Å². The minimum absolute atomic E-state index is 0.0456. The van der Waals surface area contributed by atoms with E-state index in [0.29, 0.717) is 6.07 Å². The zero-order chi connectivity index (χ0) is 14.3. The molecule has 1 amide bonds. The van der Waals surface area contributed by atoms with Crippen molar-refractivity contribution < 1.29 is 28.2 Å². The maximum absolute atomic E-state index is 13.2. The number of benzene rings is 1. The molecule has 1 rings (SSSR count). The van der Waals surface area contributed by atoms with Crippen LogP contribution in [0, 0.1) is 11.6 Å². The van der Waals surface area contributed by atoms with E-state index < -0.39 is 30.1 Å². The van der Waals surface area contributed by atoms with Gasteiger partial charge in [0.05, 0.1) is 13.0 Å². The summed E-state index contributed by atoms with van der Waals surface area (Å²) in [6.07, 6.45) is -0.217. The molecule has 1 aromatic rings. The van der Waals surface area contributed by atoms with Crippen LogP contribution in [-0.4, -0.2) is 36.7 Å². The summed E-state index contributed by atoms with van der Waals surface area (Å²) < 4.78 is 30.6. The second-order valence-electron chi connectivity index (χ2n) is 3.71. The van der Waals surface area contributed by atoms with Crippen LogP contribution in [0.2, 0.25) is 0 Å². The fourth-order valence-electron chi connectivity index (χ4n) is 1.32. The van der Waals surface area contributed by atoms with Crippen molar-refractivity contribution in [1.82, 2.24) is 5.32 Å². The van der Waals surface area contributed by atoms with E-state index >= 15 is 0 Å². The second-order valence-corrected chi connectivity index (χ2v) is 3.71. The molecule has 0 aliphatic heterocycles. The molecule has 0 atom stereocenters. The Labute approximate surface area is 108 Å².